The largest absolute Gasteiger partial charge is 0.384 e. The molecule has 0 spiro atoms. The van der Waals surface area contributed by atoms with Crippen LogP contribution < -0.4 is 10.6 Å². The summed E-state index contributed by atoms with van der Waals surface area (Å²) >= 11 is 6.04. The van der Waals surface area contributed by atoms with Crippen molar-refractivity contribution < 1.29 is 4.79 Å². The summed E-state index contributed by atoms with van der Waals surface area (Å²) in [5, 5.41) is 6.75. The predicted octanol–water partition coefficient (Wildman–Crippen LogP) is 3.88. The van der Waals surface area contributed by atoms with Gasteiger partial charge in [0.15, 0.2) is 0 Å². The van der Waals surface area contributed by atoms with E-state index < -0.39 is 0 Å². The van der Waals surface area contributed by atoms with E-state index in [1.807, 2.05) is 30.3 Å². The Morgan fingerprint density at radius 2 is 1.95 bits per heavy atom. The summed E-state index contributed by atoms with van der Waals surface area (Å²) in [6.45, 7) is 0.801. The van der Waals surface area contributed by atoms with E-state index in [1.165, 1.54) is 5.56 Å². The average Bonchev–Trinajstić information content (AvgIpc) is 2.85. The van der Waals surface area contributed by atoms with Crippen molar-refractivity contribution in [3.05, 3.63) is 59.1 Å². The third-order valence-electron chi connectivity index (χ3n) is 3.52. The number of hydrogen-bond acceptors (Lipinski definition) is 2. The summed E-state index contributed by atoms with van der Waals surface area (Å²) in [6, 6.07) is 15.4. The van der Waals surface area contributed by atoms with Crippen LogP contribution in [0.4, 0.5) is 11.4 Å². The van der Waals surface area contributed by atoms with Crippen LogP contribution in [0.3, 0.4) is 0 Å². The van der Waals surface area contributed by atoms with Crippen molar-refractivity contribution in [2.24, 2.45) is 0 Å². The topological polar surface area (TPSA) is 41.1 Å². The third kappa shape index (κ3) is 2.63. The summed E-state index contributed by atoms with van der Waals surface area (Å²) in [6.07, 6.45) is 0.454. The zero-order valence-electron chi connectivity index (χ0n) is 10.9. The Hall–Kier alpha value is -2.00. The van der Waals surface area contributed by atoms with Gasteiger partial charge in [-0.1, -0.05) is 41.9 Å². The molecule has 4 heteroatoms. The van der Waals surface area contributed by atoms with Crippen molar-refractivity contribution >= 4 is 28.9 Å². The lowest BCUT2D eigenvalue weighted by Crippen LogP contribution is -2.16. The van der Waals surface area contributed by atoms with E-state index >= 15 is 0 Å². The first-order valence-corrected chi connectivity index (χ1v) is 6.99. The summed E-state index contributed by atoms with van der Waals surface area (Å²) in [5.74, 6) is 0.204. The molecule has 1 heterocycles. The van der Waals surface area contributed by atoms with E-state index in [2.05, 4.69) is 16.7 Å². The number of benzene rings is 2. The van der Waals surface area contributed by atoms with Crippen LogP contribution in [0.1, 0.15) is 17.9 Å². The number of rotatable bonds is 3. The van der Waals surface area contributed by atoms with Gasteiger partial charge in [-0.3, -0.25) is 4.79 Å². The molecular weight excluding hydrogens is 272 g/mol. The highest BCUT2D eigenvalue weighted by Crippen LogP contribution is 2.33. The standard InChI is InChI=1S/C16H15ClN2O/c17-13-6-2-4-8-15(13)19-16(20)9-11-10-18-14-7-3-1-5-12(11)14/h1-8,11,18H,9-10H2,(H,19,20). The number of carbonyl (C=O) groups excluding carboxylic acids is 1. The molecular formula is C16H15ClN2O. The Kier molecular flexibility index (Phi) is 3.61. The van der Waals surface area contributed by atoms with Crippen LogP contribution in [-0.2, 0) is 4.79 Å². The quantitative estimate of drug-likeness (QED) is 0.899. The molecule has 0 saturated heterocycles. The molecule has 0 bridgehead atoms. The second-order valence-corrected chi connectivity index (χ2v) is 5.30. The van der Waals surface area contributed by atoms with Crippen molar-refractivity contribution in [1.82, 2.24) is 0 Å². The van der Waals surface area contributed by atoms with Crippen LogP contribution in [0, 0.1) is 0 Å². The molecule has 2 aromatic carbocycles. The summed E-state index contributed by atoms with van der Waals surface area (Å²) in [5.41, 5.74) is 3.00. The number of amides is 1. The van der Waals surface area contributed by atoms with Crippen molar-refractivity contribution in [3.8, 4) is 0 Å². The third-order valence-corrected chi connectivity index (χ3v) is 3.85. The minimum atomic E-state index is -0.0124. The van der Waals surface area contributed by atoms with Gasteiger partial charge >= 0.3 is 0 Å². The fraction of sp³-hybridized carbons (Fsp3) is 0.188. The minimum Gasteiger partial charge on any atom is -0.384 e. The first-order chi connectivity index (χ1) is 9.74. The molecule has 3 nitrogen and oxygen atoms in total. The second-order valence-electron chi connectivity index (χ2n) is 4.90. The normalized spacial score (nSPS) is 16.4. The zero-order valence-corrected chi connectivity index (χ0v) is 11.7. The number of halogens is 1. The lowest BCUT2D eigenvalue weighted by molar-refractivity contribution is -0.116. The smallest absolute Gasteiger partial charge is 0.225 e. The van der Waals surface area contributed by atoms with Crippen LogP contribution in [0.15, 0.2) is 48.5 Å². The fourth-order valence-corrected chi connectivity index (χ4v) is 2.71. The van der Waals surface area contributed by atoms with Gasteiger partial charge in [0.1, 0.15) is 0 Å². The highest BCUT2D eigenvalue weighted by Gasteiger charge is 2.24. The Balaban J connectivity index is 1.68. The zero-order chi connectivity index (χ0) is 13.9. The van der Waals surface area contributed by atoms with Gasteiger partial charge in [-0.15, -0.1) is 0 Å². The lowest BCUT2D eigenvalue weighted by atomic mass is 9.97. The molecule has 1 atom stereocenters. The fourth-order valence-electron chi connectivity index (χ4n) is 2.53. The minimum absolute atomic E-state index is 0.0124. The van der Waals surface area contributed by atoms with Crippen molar-refractivity contribution in [3.63, 3.8) is 0 Å². The Morgan fingerprint density at radius 1 is 1.20 bits per heavy atom. The first kappa shape index (κ1) is 13.0. The summed E-state index contributed by atoms with van der Waals surface area (Å²) in [4.78, 5) is 12.1. The number of fused-ring (bicyclic) bond motifs is 1. The van der Waals surface area contributed by atoms with Gasteiger partial charge in [0.2, 0.25) is 5.91 Å². The summed E-state index contributed by atoms with van der Waals surface area (Å²) in [7, 11) is 0. The highest BCUT2D eigenvalue weighted by molar-refractivity contribution is 6.33. The molecule has 0 radical (unpaired) electrons. The molecule has 1 aliphatic rings. The van der Waals surface area contributed by atoms with Crippen LogP contribution in [0.25, 0.3) is 0 Å². The molecule has 1 unspecified atom stereocenters. The van der Waals surface area contributed by atoms with E-state index in [0.29, 0.717) is 17.1 Å². The van der Waals surface area contributed by atoms with Crippen LogP contribution in [-0.4, -0.2) is 12.5 Å². The molecule has 0 aromatic heterocycles. The molecule has 2 aromatic rings. The van der Waals surface area contributed by atoms with E-state index in [0.717, 1.165) is 12.2 Å². The van der Waals surface area contributed by atoms with Crippen LogP contribution >= 0.6 is 11.6 Å². The van der Waals surface area contributed by atoms with Crippen molar-refractivity contribution in [2.45, 2.75) is 12.3 Å². The molecule has 20 heavy (non-hydrogen) atoms. The Bertz CT molecular complexity index is 642. The predicted molar refractivity (Wildman–Crippen MR) is 82.4 cm³/mol. The second kappa shape index (κ2) is 5.55. The molecule has 3 rings (SSSR count). The van der Waals surface area contributed by atoms with Gasteiger partial charge in [-0.25, -0.2) is 0 Å². The molecule has 0 saturated carbocycles. The number of hydrogen-bond donors (Lipinski definition) is 2. The van der Waals surface area contributed by atoms with Crippen molar-refractivity contribution in [2.75, 3.05) is 17.2 Å². The molecule has 2 N–H and O–H groups in total. The summed E-state index contributed by atoms with van der Waals surface area (Å²) < 4.78 is 0. The number of para-hydroxylation sites is 2. The van der Waals surface area contributed by atoms with E-state index in [1.54, 1.807) is 12.1 Å². The molecule has 0 fully saturated rings. The molecule has 102 valence electrons. The van der Waals surface area contributed by atoms with E-state index in [-0.39, 0.29) is 11.8 Å². The Morgan fingerprint density at radius 3 is 2.80 bits per heavy atom. The molecule has 1 aliphatic heterocycles. The molecule has 1 amide bonds. The highest BCUT2D eigenvalue weighted by atomic mass is 35.5. The van der Waals surface area contributed by atoms with Gasteiger partial charge < -0.3 is 10.6 Å². The maximum atomic E-state index is 12.1. The van der Waals surface area contributed by atoms with E-state index in [9.17, 15) is 4.79 Å². The monoisotopic (exact) mass is 286 g/mol. The van der Waals surface area contributed by atoms with Gasteiger partial charge in [0, 0.05) is 24.6 Å². The van der Waals surface area contributed by atoms with Crippen LogP contribution in [0.5, 0.6) is 0 Å². The maximum absolute atomic E-state index is 12.1. The van der Waals surface area contributed by atoms with Gasteiger partial charge in [-0.05, 0) is 23.8 Å². The van der Waals surface area contributed by atoms with Crippen LogP contribution in [0.2, 0.25) is 5.02 Å². The van der Waals surface area contributed by atoms with Gasteiger partial charge in [-0.2, -0.15) is 0 Å². The average molecular weight is 287 g/mol. The Labute approximate surface area is 123 Å². The van der Waals surface area contributed by atoms with Gasteiger partial charge in [0.05, 0.1) is 10.7 Å². The maximum Gasteiger partial charge on any atom is 0.225 e. The lowest BCUT2D eigenvalue weighted by Gasteiger charge is -2.11. The molecule has 0 aliphatic carbocycles. The number of anilines is 2. The van der Waals surface area contributed by atoms with Crippen molar-refractivity contribution in [1.29, 1.82) is 0 Å². The number of carbonyl (C=O) groups is 1. The first-order valence-electron chi connectivity index (χ1n) is 6.61. The van der Waals surface area contributed by atoms with Gasteiger partial charge in [0.25, 0.3) is 0 Å². The SMILES string of the molecule is O=C(CC1CNc2ccccc21)Nc1ccccc1Cl. The van der Waals surface area contributed by atoms with E-state index in [4.69, 9.17) is 11.6 Å². The number of nitrogens with one attached hydrogen (secondary N) is 2.